The Morgan fingerprint density at radius 2 is 2.13 bits per heavy atom. The molecular weight excluding hydrogens is 194 g/mol. The zero-order chi connectivity index (χ0) is 10.8. The van der Waals surface area contributed by atoms with E-state index in [9.17, 15) is 0 Å². The van der Waals surface area contributed by atoms with Crippen LogP contribution in [0.3, 0.4) is 0 Å². The minimum atomic E-state index is 0.307. The van der Waals surface area contributed by atoms with Crippen LogP contribution in [0.15, 0.2) is 5.16 Å². The number of ether oxygens (including phenoxy) is 1. The summed E-state index contributed by atoms with van der Waals surface area (Å²) < 4.78 is 5.76. The van der Waals surface area contributed by atoms with Crippen LogP contribution < -0.4 is 5.73 Å². The van der Waals surface area contributed by atoms with Gasteiger partial charge in [-0.2, -0.15) is 0 Å². The lowest BCUT2D eigenvalue weighted by atomic mass is 10.1. The van der Waals surface area contributed by atoms with E-state index in [1.54, 1.807) is 0 Å². The fourth-order valence-electron chi connectivity index (χ4n) is 2.48. The molecule has 3 atom stereocenters. The fourth-order valence-corrected chi connectivity index (χ4v) is 2.48. The first-order valence-corrected chi connectivity index (χ1v) is 5.55. The molecule has 3 N–H and O–H groups in total. The maximum atomic E-state index is 8.52. The van der Waals surface area contributed by atoms with Gasteiger partial charge in [0.15, 0.2) is 0 Å². The second-order valence-corrected chi connectivity index (χ2v) is 4.56. The quantitative estimate of drug-likeness (QED) is 0.307. The molecule has 0 radical (unpaired) electrons. The molecule has 0 aromatic carbocycles. The van der Waals surface area contributed by atoms with Gasteiger partial charge in [-0.15, -0.1) is 0 Å². The first-order chi connectivity index (χ1) is 7.19. The maximum Gasteiger partial charge on any atom is 0.140 e. The number of likely N-dealkylation sites (tertiary alicyclic amines) is 1. The molecule has 86 valence electrons. The molecule has 2 bridgehead atoms. The number of morpholine rings is 1. The van der Waals surface area contributed by atoms with Crippen LogP contribution in [0.25, 0.3) is 0 Å². The average molecular weight is 213 g/mol. The topological polar surface area (TPSA) is 71.1 Å². The van der Waals surface area contributed by atoms with Crippen molar-refractivity contribution in [1.29, 1.82) is 0 Å². The van der Waals surface area contributed by atoms with Gasteiger partial charge >= 0.3 is 0 Å². The Hall–Kier alpha value is -0.810. The van der Waals surface area contributed by atoms with Crippen molar-refractivity contribution in [3.05, 3.63) is 0 Å². The van der Waals surface area contributed by atoms with Crippen molar-refractivity contribution in [2.75, 3.05) is 13.1 Å². The van der Waals surface area contributed by atoms with E-state index < -0.39 is 0 Å². The van der Waals surface area contributed by atoms with Crippen molar-refractivity contribution in [1.82, 2.24) is 4.90 Å². The summed E-state index contributed by atoms with van der Waals surface area (Å²) in [7, 11) is 0. The lowest BCUT2D eigenvalue weighted by Crippen LogP contribution is -2.47. The number of nitrogens with zero attached hydrogens (tertiary/aromatic N) is 2. The Labute approximate surface area is 89.9 Å². The molecule has 5 nitrogen and oxygen atoms in total. The first-order valence-electron chi connectivity index (χ1n) is 5.55. The Morgan fingerprint density at radius 1 is 1.53 bits per heavy atom. The van der Waals surface area contributed by atoms with Crippen molar-refractivity contribution in [3.8, 4) is 0 Å². The highest BCUT2D eigenvalue weighted by Crippen LogP contribution is 2.27. The monoisotopic (exact) mass is 213 g/mol. The van der Waals surface area contributed by atoms with Gasteiger partial charge in [0.2, 0.25) is 0 Å². The van der Waals surface area contributed by atoms with E-state index in [1.807, 2.05) is 0 Å². The van der Waals surface area contributed by atoms with Crippen molar-refractivity contribution < 1.29 is 9.94 Å². The zero-order valence-electron chi connectivity index (χ0n) is 9.09. The predicted molar refractivity (Wildman–Crippen MR) is 57.0 cm³/mol. The van der Waals surface area contributed by atoms with Crippen LogP contribution in [0.1, 0.15) is 26.2 Å². The summed E-state index contributed by atoms with van der Waals surface area (Å²) >= 11 is 0. The van der Waals surface area contributed by atoms with Crippen molar-refractivity contribution in [3.63, 3.8) is 0 Å². The smallest absolute Gasteiger partial charge is 0.140 e. The fraction of sp³-hybridized carbons (Fsp3) is 0.900. The van der Waals surface area contributed by atoms with Crippen molar-refractivity contribution >= 4 is 5.84 Å². The predicted octanol–water partition coefficient (Wildman–Crippen LogP) is 0.375. The SMILES string of the molecule is CC(CC(N)=NO)N1CC2CCC(C1)O2. The summed E-state index contributed by atoms with van der Waals surface area (Å²) in [6.07, 6.45) is 3.78. The summed E-state index contributed by atoms with van der Waals surface area (Å²) in [5, 5.41) is 11.5. The summed E-state index contributed by atoms with van der Waals surface area (Å²) in [6.45, 7) is 4.08. The number of hydrogen-bond donors (Lipinski definition) is 2. The summed E-state index contributed by atoms with van der Waals surface area (Å²) in [6, 6.07) is 0.327. The van der Waals surface area contributed by atoms with E-state index in [2.05, 4.69) is 17.0 Å². The standard InChI is InChI=1S/C10H19N3O2/c1-7(4-10(11)12-14)13-5-8-2-3-9(6-13)15-8/h7-9,14H,2-6H2,1H3,(H2,11,12). The van der Waals surface area contributed by atoms with Crippen molar-refractivity contribution in [2.45, 2.75) is 44.4 Å². The van der Waals surface area contributed by atoms with Crippen molar-refractivity contribution in [2.24, 2.45) is 10.9 Å². The van der Waals surface area contributed by atoms with E-state index in [-0.39, 0.29) is 0 Å². The number of hydrogen-bond acceptors (Lipinski definition) is 4. The van der Waals surface area contributed by atoms with E-state index >= 15 is 0 Å². The molecule has 2 aliphatic rings. The van der Waals surface area contributed by atoms with Gasteiger partial charge in [-0.25, -0.2) is 0 Å². The number of rotatable bonds is 3. The van der Waals surface area contributed by atoms with E-state index in [4.69, 9.17) is 15.7 Å². The second kappa shape index (κ2) is 4.37. The normalized spacial score (nSPS) is 34.3. The molecule has 0 aromatic heterocycles. The third-order valence-electron chi connectivity index (χ3n) is 3.33. The molecule has 2 fully saturated rings. The molecule has 0 amide bonds. The van der Waals surface area contributed by atoms with E-state index in [0.717, 1.165) is 13.1 Å². The van der Waals surface area contributed by atoms with Crippen LogP contribution in [0.2, 0.25) is 0 Å². The number of oxime groups is 1. The molecule has 0 spiro atoms. The largest absolute Gasteiger partial charge is 0.409 e. The molecule has 3 unspecified atom stereocenters. The average Bonchev–Trinajstić information content (AvgIpc) is 2.57. The molecule has 15 heavy (non-hydrogen) atoms. The van der Waals surface area contributed by atoms with Crippen LogP contribution in [0.4, 0.5) is 0 Å². The molecule has 2 heterocycles. The third-order valence-corrected chi connectivity index (χ3v) is 3.33. The van der Waals surface area contributed by atoms with Gasteiger partial charge < -0.3 is 15.7 Å². The maximum absolute atomic E-state index is 8.52. The van der Waals surface area contributed by atoms with Gasteiger partial charge in [0, 0.05) is 25.6 Å². The highest BCUT2D eigenvalue weighted by Gasteiger charge is 2.35. The van der Waals surface area contributed by atoms with Crippen LogP contribution >= 0.6 is 0 Å². The number of fused-ring (bicyclic) bond motifs is 2. The van der Waals surface area contributed by atoms with Crippen LogP contribution in [0.5, 0.6) is 0 Å². The van der Waals surface area contributed by atoms with Gasteiger partial charge in [-0.3, -0.25) is 4.90 Å². The molecule has 0 aromatic rings. The highest BCUT2D eigenvalue weighted by atomic mass is 16.5. The van der Waals surface area contributed by atoms with E-state index in [1.165, 1.54) is 12.8 Å². The van der Waals surface area contributed by atoms with Gasteiger partial charge in [-0.1, -0.05) is 5.16 Å². The van der Waals surface area contributed by atoms with E-state index in [0.29, 0.717) is 30.5 Å². The molecule has 2 saturated heterocycles. The van der Waals surface area contributed by atoms with Crippen LogP contribution in [-0.2, 0) is 4.74 Å². The van der Waals surface area contributed by atoms with Gasteiger partial charge in [0.1, 0.15) is 5.84 Å². The summed E-state index contributed by atoms with van der Waals surface area (Å²) in [5.41, 5.74) is 5.51. The summed E-state index contributed by atoms with van der Waals surface area (Å²) in [4.78, 5) is 2.38. The lowest BCUT2D eigenvalue weighted by molar-refractivity contribution is -0.0495. The number of amidine groups is 1. The Bertz CT molecular complexity index is 245. The minimum Gasteiger partial charge on any atom is -0.409 e. The highest BCUT2D eigenvalue weighted by molar-refractivity contribution is 5.80. The van der Waals surface area contributed by atoms with Gasteiger partial charge in [0.25, 0.3) is 0 Å². The van der Waals surface area contributed by atoms with Gasteiger partial charge in [-0.05, 0) is 19.8 Å². The summed E-state index contributed by atoms with van der Waals surface area (Å²) in [5.74, 6) is 0.307. The zero-order valence-corrected chi connectivity index (χ0v) is 9.09. The van der Waals surface area contributed by atoms with Crippen LogP contribution in [0, 0.1) is 0 Å². The lowest BCUT2D eigenvalue weighted by Gasteiger charge is -2.36. The molecule has 2 aliphatic heterocycles. The molecule has 5 heteroatoms. The number of nitrogens with two attached hydrogens (primary N) is 1. The molecule has 2 rings (SSSR count). The molecular formula is C10H19N3O2. The Balaban J connectivity index is 1.88. The van der Waals surface area contributed by atoms with Gasteiger partial charge in [0.05, 0.1) is 12.2 Å². The second-order valence-electron chi connectivity index (χ2n) is 4.56. The van der Waals surface area contributed by atoms with Crippen LogP contribution in [-0.4, -0.2) is 47.3 Å². The molecule has 0 aliphatic carbocycles. The third kappa shape index (κ3) is 2.41. The molecule has 0 saturated carbocycles. The first kappa shape index (κ1) is 10.7. The Kier molecular flexibility index (Phi) is 3.11. The Morgan fingerprint density at radius 3 is 2.67 bits per heavy atom. The minimum absolute atomic E-state index is 0.307.